The van der Waals surface area contributed by atoms with E-state index in [1.165, 1.54) is 5.69 Å². The second-order valence-electron chi connectivity index (χ2n) is 2.46. The van der Waals surface area contributed by atoms with E-state index in [2.05, 4.69) is 30.4 Å². The second-order valence-corrected chi connectivity index (χ2v) is 2.46. The van der Waals surface area contributed by atoms with Crippen LogP contribution in [0.4, 0.5) is 0 Å². The molecule has 2 nitrogen and oxygen atoms in total. The molecule has 0 fully saturated rings. The van der Waals surface area contributed by atoms with Crippen molar-refractivity contribution in [3.8, 4) is 0 Å². The number of aromatic nitrogens is 2. The number of aryl methyl sites for hydroxylation is 2. The third-order valence-electron chi connectivity index (χ3n) is 1.74. The Morgan fingerprint density at radius 1 is 1.45 bits per heavy atom. The number of hydrogen-bond acceptors (Lipinski definition) is 1. The molecule has 0 aliphatic carbocycles. The van der Waals surface area contributed by atoms with Gasteiger partial charge in [0.05, 0.1) is 5.69 Å². The Kier molecular flexibility index (Phi) is 2.47. The molecule has 0 bridgehead atoms. The summed E-state index contributed by atoms with van der Waals surface area (Å²) in [6, 6.07) is 0. The summed E-state index contributed by atoms with van der Waals surface area (Å²) in [5.74, 6) is 1.05. The van der Waals surface area contributed by atoms with Crippen LogP contribution in [0.5, 0.6) is 0 Å². The predicted molar refractivity (Wildman–Crippen MR) is 47.4 cm³/mol. The average Bonchev–Trinajstić information content (AvgIpc) is 2.46. The van der Waals surface area contributed by atoms with Crippen molar-refractivity contribution in [3.05, 3.63) is 23.8 Å². The molecule has 0 aliphatic heterocycles. The molecule has 0 aliphatic rings. The summed E-state index contributed by atoms with van der Waals surface area (Å²) >= 11 is 0. The van der Waals surface area contributed by atoms with Crippen LogP contribution < -0.4 is 0 Å². The van der Waals surface area contributed by atoms with Crippen LogP contribution in [0, 0.1) is 0 Å². The fraction of sp³-hybridized carbons (Fsp3) is 0.444. The van der Waals surface area contributed by atoms with Crippen molar-refractivity contribution in [1.82, 2.24) is 9.97 Å². The van der Waals surface area contributed by atoms with E-state index in [9.17, 15) is 0 Å². The van der Waals surface area contributed by atoms with Crippen molar-refractivity contribution < 1.29 is 0 Å². The smallest absolute Gasteiger partial charge is 0.106 e. The summed E-state index contributed by atoms with van der Waals surface area (Å²) in [4.78, 5) is 7.59. The first-order valence-corrected chi connectivity index (χ1v) is 4.02. The molecule has 2 heteroatoms. The maximum atomic E-state index is 4.34. The summed E-state index contributed by atoms with van der Waals surface area (Å²) in [5, 5.41) is 0. The topological polar surface area (TPSA) is 28.7 Å². The molecule has 0 radical (unpaired) electrons. The van der Waals surface area contributed by atoms with Crippen LogP contribution >= 0.6 is 0 Å². The Labute approximate surface area is 67.4 Å². The minimum absolute atomic E-state index is 0.959. The van der Waals surface area contributed by atoms with Crippen LogP contribution in [0.2, 0.25) is 0 Å². The summed E-state index contributed by atoms with van der Waals surface area (Å²) in [7, 11) is 0. The fourth-order valence-electron chi connectivity index (χ4n) is 1.08. The van der Waals surface area contributed by atoms with Gasteiger partial charge in [0.25, 0.3) is 0 Å². The first-order valence-electron chi connectivity index (χ1n) is 4.02. The highest BCUT2D eigenvalue weighted by atomic mass is 14.9. The van der Waals surface area contributed by atoms with Crippen molar-refractivity contribution in [3.63, 3.8) is 0 Å². The van der Waals surface area contributed by atoms with Gasteiger partial charge in [0.1, 0.15) is 5.82 Å². The van der Waals surface area contributed by atoms with E-state index in [1.807, 2.05) is 0 Å². The summed E-state index contributed by atoms with van der Waals surface area (Å²) in [5.41, 5.74) is 2.20. The number of hydrogen-bond donors (Lipinski definition) is 1. The van der Waals surface area contributed by atoms with Gasteiger partial charge < -0.3 is 4.98 Å². The highest BCUT2D eigenvalue weighted by Gasteiger charge is 2.02. The molecule has 0 amide bonds. The molecule has 0 spiro atoms. The van der Waals surface area contributed by atoms with Gasteiger partial charge in [-0.05, 0) is 12.5 Å². The molecule has 11 heavy (non-hydrogen) atoms. The van der Waals surface area contributed by atoms with Gasteiger partial charge in [-0.15, -0.1) is 0 Å². The predicted octanol–water partition coefficient (Wildman–Crippen LogP) is 2.18. The van der Waals surface area contributed by atoms with E-state index in [4.69, 9.17) is 0 Å². The number of H-pyrrole nitrogens is 1. The third kappa shape index (κ3) is 1.50. The number of nitrogens with one attached hydrogen (secondary N) is 1. The second kappa shape index (κ2) is 3.37. The third-order valence-corrected chi connectivity index (χ3v) is 1.74. The standard InChI is InChI=1S/C9H14N2/c1-4-7-8(5-2)11-9(6-3)10-7/h4H,1,5-6H2,2-3H3,(H,10,11). The summed E-state index contributed by atoms with van der Waals surface area (Å²) in [6.45, 7) is 7.90. The average molecular weight is 150 g/mol. The zero-order chi connectivity index (χ0) is 8.27. The zero-order valence-corrected chi connectivity index (χ0v) is 7.15. The van der Waals surface area contributed by atoms with Crippen LogP contribution in [0.15, 0.2) is 6.58 Å². The number of imidazole rings is 1. The molecule has 0 unspecified atom stereocenters. The van der Waals surface area contributed by atoms with Gasteiger partial charge in [-0.25, -0.2) is 4.98 Å². The van der Waals surface area contributed by atoms with Crippen LogP contribution in [-0.2, 0) is 12.8 Å². The zero-order valence-electron chi connectivity index (χ0n) is 7.15. The van der Waals surface area contributed by atoms with Crippen LogP contribution in [-0.4, -0.2) is 9.97 Å². The lowest BCUT2D eigenvalue weighted by Crippen LogP contribution is -1.83. The molecule has 1 rings (SSSR count). The number of rotatable bonds is 3. The maximum Gasteiger partial charge on any atom is 0.106 e. The van der Waals surface area contributed by atoms with E-state index in [-0.39, 0.29) is 0 Å². The molecule has 1 aromatic heterocycles. The van der Waals surface area contributed by atoms with Crippen LogP contribution in [0.1, 0.15) is 31.1 Å². The number of aromatic amines is 1. The van der Waals surface area contributed by atoms with Crippen LogP contribution in [0.25, 0.3) is 6.08 Å². The largest absolute Gasteiger partial charge is 0.345 e. The Balaban J connectivity index is 3.01. The lowest BCUT2D eigenvalue weighted by molar-refractivity contribution is 0.963. The first kappa shape index (κ1) is 8.05. The van der Waals surface area contributed by atoms with Gasteiger partial charge in [-0.1, -0.05) is 20.4 Å². The lowest BCUT2D eigenvalue weighted by Gasteiger charge is -1.89. The minimum atomic E-state index is 0.959. The Hall–Kier alpha value is -1.05. The highest BCUT2D eigenvalue weighted by Crippen LogP contribution is 2.08. The van der Waals surface area contributed by atoms with Crippen LogP contribution in [0.3, 0.4) is 0 Å². The molecule has 0 atom stereocenters. The Bertz CT molecular complexity index is 248. The van der Waals surface area contributed by atoms with Gasteiger partial charge >= 0.3 is 0 Å². The van der Waals surface area contributed by atoms with E-state index in [0.717, 1.165) is 24.4 Å². The van der Waals surface area contributed by atoms with Crippen molar-refractivity contribution in [2.75, 3.05) is 0 Å². The quantitative estimate of drug-likeness (QED) is 0.703. The van der Waals surface area contributed by atoms with Gasteiger partial charge in [0.15, 0.2) is 0 Å². The van der Waals surface area contributed by atoms with Gasteiger partial charge in [-0.2, -0.15) is 0 Å². The lowest BCUT2D eigenvalue weighted by atomic mass is 10.3. The van der Waals surface area contributed by atoms with Crippen molar-refractivity contribution in [1.29, 1.82) is 0 Å². The number of nitrogens with zero attached hydrogens (tertiary/aromatic N) is 1. The van der Waals surface area contributed by atoms with Crippen molar-refractivity contribution in [2.24, 2.45) is 0 Å². The van der Waals surface area contributed by atoms with Crippen molar-refractivity contribution in [2.45, 2.75) is 26.7 Å². The minimum Gasteiger partial charge on any atom is -0.345 e. The summed E-state index contributed by atoms with van der Waals surface area (Å²) < 4.78 is 0. The fourth-order valence-corrected chi connectivity index (χ4v) is 1.08. The molecule has 1 aromatic rings. The van der Waals surface area contributed by atoms with Gasteiger partial charge in [0, 0.05) is 12.1 Å². The molecule has 1 N–H and O–H groups in total. The molecule has 0 saturated heterocycles. The van der Waals surface area contributed by atoms with E-state index >= 15 is 0 Å². The molecule has 0 saturated carbocycles. The molecule has 0 aromatic carbocycles. The monoisotopic (exact) mass is 150 g/mol. The molecular weight excluding hydrogens is 136 g/mol. The van der Waals surface area contributed by atoms with E-state index < -0.39 is 0 Å². The van der Waals surface area contributed by atoms with Crippen molar-refractivity contribution >= 4 is 6.08 Å². The Morgan fingerprint density at radius 2 is 2.18 bits per heavy atom. The van der Waals surface area contributed by atoms with E-state index in [1.54, 1.807) is 6.08 Å². The normalized spacial score (nSPS) is 10.0. The molecule has 1 heterocycles. The SMILES string of the molecule is C=Cc1nc(CC)[nH]c1CC. The van der Waals surface area contributed by atoms with Gasteiger partial charge in [0.2, 0.25) is 0 Å². The first-order chi connectivity index (χ1) is 5.31. The maximum absolute atomic E-state index is 4.34. The molecule has 60 valence electrons. The molecular formula is C9H14N2. The van der Waals surface area contributed by atoms with E-state index in [0.29, 0.717) is 0 Å². The summed E-state index contributed by atoms with van der Waals surface area (Å²) in [6.07, 6.45) is 3.75. The Morgan fingerprint density at radius 3 is 2.55 bits per heavy atom. The highest BCUT2D eigenvalue weighted by molar-refractivity contribution is 5.45. The van der Waals surface area contributed by atoms with Gasteiger partial charge in [-0.3, -0.25) is 0 Å².